The minimum absolute atomic E-state index is 0.0275. The monoisotopic (exact) mass is 282 g/mol. The van der Waals surface area contributed by atoms with Crippen LogP contribution in [0.1, 0.15) is 19.8 Å². The molecule has 1 saturated carbocycles. The summed E-state index contributed by atoms with van der Waals surface area (Å²) in [4.78, 5) is 0.0465. The lowest BCUT2D eigenvalue weighted by atomic mass is 10.4. The quantitative estimate of drug-likeness (QED) is 0.771. The summed E-state index contributed by atoms with van der Waals surface area (Å²) >= 11 is 0. The van der Waals surface area contributed by atoms with Crippen LogP contribution in [0.3, 0.4) is 0 Å². The maximum atomic E-state index is 12.5. The van der Waals surface area contributed by atoms with Crippen molar-refractivity contribution < 1.29 is 8.42 Å². The van der Waals surface area contributed by atoms with Crippen LogP contribution in [0.5, 0.6) is 0 Å². The van der Waals surface area contributed by atoms with E-state index >= 15 is 0 Å². The highest BCUT2D eigenvalue weighted by Crippen LogP contribution is 2.32. The predicted molar refractivity (Wildman–Crippen MR) is 72.6 cm³/mol. The molecular weight excluding hydrogens is 264 g/mol. The summed E-state index contributed by atoms with van der Waals surface area (Å²) in [6, 6.07) is 0. The molecule has 1 aromatic heterocycles. The fraction of sp³-hybridized carbons (Fsp3) is 0.583. The molecule has 1 fully saturated rings. The molecule has 0 aliphatic heterocycles. The molecule has 1 aliphatic rings. The molecule has 19 heavy (non-hydrogen) atoms. The number of aryl methyl sites for hydroxylation is 1. The second-order valence-electron chi connectivity index (χ2n) is 4.68. The van der Waals surface area contributed by atoms with Crippen LogP contribution in [0, 0.1) is 18.3 Å². The highest BCUT2D eigenvalue weighted by Gasteiger charge is 2.33. The second-order valence-corrected chi connectivity index (χ2v) is 6.59. The Morgan fingerprint density at radius 1 is 1.63 bits per heavy atom. The number of rotatable bonds is 6. The molecule has 6 nitrogen and oxygen atoms in total. The Morgan fingerprint density at radius 2 is 2.32 bits per heavy atom. The van der Waals surface area contributed by atoms with Gasteiger partial charge in [-0.05, 0) is 25.7 Å². The third kappa shape index (κ3) is 2.91. The summed E-state index contributed by atoms with van der Waals surface area (Å²) in [5.74, 6) is 2.85. The first-order valence-electron chi connectivity index (χ1n) is 6.25. The van der Waals surface area contributed by atoms with Crippen molar-refractivity contribution in [3.8, 4) is 12.3 Å². The Bertz CT molecular complexity index is 596. The van der Waals surface area contributed by atoms with Crippen molar-refractivity contribution in [1.29, 1.82) is 0 Å². The minimum Gasteiger partial charge on any atom is -0.381 e. The molecule has 1 aromatic rings. The van der Waals surface area contributed by atoms with Gasteiger partial charge in [0.05, 0.1) is 6.54 Å². The molecule has 0 atom stereocenters. The smallest absolute Gasteiger partial charge is 0.249 e. The van der Waals surface area contributed by atoms with Crippen molar-refractivity contribution in [1.82, 2.24) is 14.1 Å². The van der Waals surface area contributed by atoms with E-state index in [-0.39, 0.29) is 17.3 Å². The lowest BCUT2D eigenvalue weighted by Crippen LogP contribution is -2.33. The van der Waals surface area contributed by atoms with Gasteiger partial charge in [-0.25, -0.2) is 8.42 Å². The van der Waals surface area contributed by atoms with Crippen LogP contribution in [-0.4, -0.2) is 35.6 Å². The van der Waals surface area contributed by atoms with Gasteiger partial charge in [0.2, 0.25) is 10.0 Å². The lowest BCUT2D eigenvalue weighted by Gasteiger charge is -2.18. The first-order valence-corrected chi connectivity index (χ1v) is 7.69. The molecule has 104 valence electrons. The Hall–Kier alpha value is -1.52. The molecule has 0 amide bonds. The topological polar surface area (TPSA) is 81.2 Å². The number of nitrogens with zero attached hydrogens (tertiary/aromatic N) is 3. The van der Waals surface area contributed by atoms with E-state index in [1.807, 2.05) is 6.92 Å². The SMILES string of the molecule is C#CCN(CC1CC1)S(=O)(=O)c1cn(CC)nc1N. The zero-order chi connectivity index (χ0) is 14.0. The van der Waals surface area contributed by atoms with Crippen molar-refractivity contribution in [2.24, 2.45) is 5.92 Å². The average Bonchev–Trinajstić information content (AvgIpc) is 3.09. The van der Waals surface area contributed by atoms with Crippen molar-refractivity contribution in [2.45, 2.75) is 31.2 Å². The molecule has 0 spiro atoms. The molecule has 2 N–H and O–H groups in total. The van der Waals surface area contributed by atoms with E-state index in [9.17, 15) is 8.42 Å². The van der Waals surface area contributed by atoms with Crippen molar-refractivity contribution >= 4 is 15.8 Å². The predicted octanol–water partition coefficient (Wildman–Crippen LogP) is 0.519. The van der Waals surface area contributed by atoms with Gasteiger partial charge in [0, 0.05) is 19.3 Å². The van der Waals surface area contributed by atoms with Crippen molar-refractivity contribution in [2.75, 3.05) is 18.8 Å². The molecular formula is C12H18N4O2S. The maximum Gasteiger partial charge on any atom is 0.249 e. The van der Waals surface area contributed by atoms with E-state index in [2.05, 4.69) is 11.0 Å². The van der Waals surface area contributed by atoms with Crippen molar-refractivity contribution in [3.63, 3.8) is 0 Å². The highest BCUT2D eigenvalue weighted by atomic mass is 32.2. The van der Waals surface area contributed by atoms with Gasteiger partial charge in [-0.2, -0.15) is 9.40 Å². The fourth-order valence-electron chi connectivity index (χ4n) is 1.86. The third-order valence-corrected chi connectivity index (χ3v) is 4.95. The van der Waals surface area contributed by atoms with Gasteiger partial charge in [0.15, 0.2) is 5.82 Å². The standard InChI is InChI=1S/C12H18N4O2S/c1-3-7-16(8-10-5-6-10)19(17,18)11-9-15(4-2)14-12(11)13/h1,9-10H,4-8H2,2H3,(H2,13,14). The lowest BCUT2D eigenvalue weighted by molar-refractivity contribution is 0.430. The Balaban J connectivity index is 2.31. The van der Waals surface area contributed by atoms with Gasteiger partial charge in [0.25, 0.3) is 0 Å². The summed E-state index contributed by atoms with van der Waals surface area (Å²) in [7, 11) is -3.66. The molecule has 0 unspecified atom stereocenters. The summed E-state index contributed by atoms with van der Waals surface area (Å²) in [5.41, 5.74) is 5.69. The number of nitrogen functional groups attached to an aromatic ring is 1. The molecule has 2 rings (SSSR count). The van der Waals surface area contributed by atoms with E-state index in [1.165, 1.54) is 15.2 Å². The first kappa shape index (κ1) is 13.9. The zero-order valence-electron chi connectivity index (χ0n) is 10.9. The Kier molecular flexibility index (Phi) is 3.83. The van der Waals surface area contributed by atoms with Gasteiger partial charge in [-0.3, -0.25) is 4.68 Å². The van der Waals surface area contributed by atoms with Gasteiger partial charge < -0.3 is 5.73 Å². The molecule has 0 radical (unpaired) electrons. The average molecular weight is 282 g/mol. The number of nitrogens with two attached hydrogens (primary N) is 1. The first-order chi connectivity index (χ1) is 8.98. The summed E-state index contributed by atoms with van der Waals surface area (Å²) in [6.45, 7) is 2.96. The van der Waals surface area contributed by atoms with Crippen LogP contribution in [-0.2, 0) is 16.6 Å². The number of terminal acetylenes is 1. The number of sulfonamides is 1. The summed E-state index contributed by atoms with van der Waals surface area (Å²) < 4.78 is 27.9. The molecule has 0 saturated heterocycles. The van der Waals surface area contributed by atoms with Gasteiger partial charge in [-0.15, -0.1) is 6.42 Å². The van der Waals surface area contributed by atoms with Crippen LogP contribution in [0.15, 0.2) is 11.1 Å². The van der Waals surface area contributed by atoms with Crippen LogP contribution >= 0.6 is 0 Å². The Labute approximate surface area is 113 Å². The number of anilines is 1. The van der Waals surface area contributed by atoms with Crippen LogP contribution in [0.2, 0.25) is 0 Å². The zero-order valence-corrected chi connectivity index (χ0v) is 11.7. The largest absolute Gasteiger partial charge is 0.381 e. The summed E-state index contributed by atoms with van der Waals surface area (Å²) in [5, 5.41) is 3.97. The molecule has 0 bridgehead atoms. The number of hydrogen-bond acceptors (Lipinski definition) is 4. The van der Waals surface area contributed by atoms with Gasteiger partial charge in [0.1, 0.15) is 4.90 Å². The molecule has 0 aromatic carbocycles. The van der Waals surface area contributed by atoms with Crippen LogP contribution in [0.25, 0.3) is 0 Å². The van der Waals surface area contributed by atoms with E-state index in [4.69, 9.17) is 12.2 Å². The molecule has 1 aliphatic carbocycles. The van der Waals surface area contributed by atoms with Gasteiger partial charge in [-0.1, -0.05) is 5.92 Å². The van der Waals surface area contributed by atoms with Gasteiger partial charge >= 0.3 is 0 Å². The third-order valence-electron chi connectivity index (χ3n) is 3.12. The molecule has 1 heterocycles. The Morgan fingerprint density at radius 3 is 2.79 bits per heavy atom. The van der Waals surface area contributed by atoms with E-state index in [0.29, 0.717) is 19.0 Å². The number of aromatic nitrogens is 2. The maximum absolute atomic E-state index is 12.5. The summed E-state index contributed by atoms with van der Waals surface area (Å²) in [6.07, 6.45) is 8.83. The highest BCUT2D eigenvalue weighted by molar-refractivity contribution is 7.89. The fourth-order valence-corrected chi connectivity index (χ4v) is 3.35. The molecule has 7 heteroatoms. The number of hydrogen-bond donors (Lipinski definition) is 1. The van der Waals surface area contributed by atoms with E-state index < -0.39 is 10.0 Å². The van der Waals surface area contributed by atoms with Crippen LogP contribution in [0.4, 0.5) is 5.82 Å². The van der Waals surface area contributed by atoms with E-state index in [0.717, 1.165) is 12.8 Å². The van der Waals surface area contributed by atoms with E-state index in [1.54, 1.807) is 0 Å². The minimum atomic E-state index is -3.66. The second kappa shape index (κ2) is 5.23. The van der Waals surface area contributed by atoms with Crippen molar-refractivity contribution in [3.05, 3.63) is 6.20 Å². The normalized spacial score (nSPS) is 15.6. The van der Waals surface area contributed by atoms with Crippen LogP contribution < -0.4 is 5.73 Å².